The van der Waals surface area contributed by atoms with Crippen LogP contribution in [0, 0.1) is 6.92 Å². The van der Waals surface area contributed by atoms with E-state index in [1.807, 2.05) is 25.4 Å². The van der Waals surface area contributed by atoms with Crippen molar-refractivity contribution >= 4 is 23.1 Å². The third kappa shape index (κ3) is 4.89. The van der Waals surface area contributed by atoms with E-state index in [4.69, 9.17) is 0 Å². The molecule has 1 spiro atoms. The van der Waals surface area contributed by atoms with Crippen LogP contribution in [-0.2, 0) is 7.05 Å². The third-order valence-electron chi connectivity index (χ3n) is 8.19. The lowest BCUT2D eigenvalue weighted by atomic mass is 9.70. The first-order chi connectivity index (χ1) is 18.9. The van der Waals surface area contributed by atoms with Crippen LogP contribution in [-0.4, -0.2) is 71.2 Å². The smallest absolute Gasteiger partial charge is 0.294 e. The van der Waals surface area contributed by atoms with Gasteiger partial charge in [0.25, 0.3) is 11.8 Å². The number of hydrogen-bond donors (Lipinski definition) is 2. The monoisotopic (exact) mass is 527 g/mol. The summed E-state index contributed by atoms with van der Waals surface area (Å²) < 4.78 is 3.36. The Morgan fingerprint density at radius 2 is 1.87 bits per heavy atom. The van der Waals surface area contributed by atoms with Gasteiger partial charge < -0.3 is 10.6 Å². The van der Waals surface area contributed by atoms with Crippen LogP contribution in [0.3, 0.4) is 0 Å². The second kappa shape index (κ2) is 10.2. The van der Waals surface area contributed by atoms with E-state index in [-0.39, 0.29) is 11.7 Å². The molecule has 0 unspecified atom stereocenters. The Morgan fingerprint density at radius 3 is 2.64 bits per heavy atom. The maximum Gasteiger partial charge on any atom is 0.294 e. The molecule has 39 heavy (non-hydrogen) atoms. The molecular formula is C28H33N9O2. The van der Waals surface area contributed by atoms with Crippen molar-refractivity contribution in [3.63, 3.8) is 0 Å². The van der Waals surface area contributed by atoms with Crippen molar-refractivity contribution in [2.24, 2.45) is 7.05 Å². The minimum Gasteiger partial charge on any atom is -0.351 e. The zero-order chi connectivity index (χ0) is 27.0. The highest BCUT2D eigenvalue weighted by Gasteiger charge is 2.43. The zero-order valence-corrected chi connectivity index (χ0v) is 22.4. The van der Waals surface area contributed by atoms with Gasteiger partial charge in [-0.05, 0) is 69.3 Å². The number of fused-ring (bicyclic) bond motifs is 1. The number of aryl methyl sites for hydroxylation is 2. The number of anilines is 1. The fourth-order valence-corrected chi connectivity index (χ4v) is 5.82. The van der Waals surface area contributed by atoms with Gasteiger partial charge >= 0.3 is 0 Å². The summed E-state index contributed by atoms with van der Waals surface area (Å²) in [6.07, 6.45) is 14.7. The van der Waals surface area contributed by atoms with Crippen LogP contribution in [0.15, 0.2) is 43.0 Å². The van der Waals surface area contributed by atoms with E-state index in [9.17, 15) is 9.59 Å². The molecule has 0 bridgehead atoms. The number of aromatic nitrogens is 6. The molecule has 1 aliphatic carbocycles. The number of amides is 2. The Balaban J connectivity index is 1.11. The minimum atomic E-state index is -0.435. The van der Waals surface area contributed by atoms with Crippen molar-refractivity contribution in [3.8, 4) is 11.1 Å². The summed E-state index contributed by atoms with van der Waals surface area (Å²) in [5.41, 5.74) is 4.26. The fourth-order valence-electron chi connectivity index (χ4n) is 5.82. The molecule has 2 N–H and O–H groups in total. The normalized spacial score (nSPS) is 16.8. The van der Waals surface area contributed by atoms with Crippen LogP contribution in [0.2, 0.25) is 0 Å². The molecule has 5 heterocycles. The molecule has 1 saturated carbocycles. The molecule has 11 heteroatoms. The van der Waals surface area contributed by atoms with Gasteiger partial charge in [-0.15, -0.1) is 10.2 Å². The van der Waals surface area contributed by atoms with Crippen LogP contribution in [0.25, 0.3) is 16.8 Å². The van der Waals surface area contributed by atoms with E-state index in [0.717, 1.165) is 24.2 Å². The second-order valence-corrected chi connectivity index (χ2v) is 10.7. The van der Waals surface area contributed by atoms with Gasteiger partial charge in [-0.3, -0.25) is 28.6 Å². The van der Waals surface area contributed by atoms with E-state index in [1.54, 1.807) is 40.7 Å². The van der Waals surface area contributed by atoms with Crippen molar-refractivity contribution in [1.29, 1.82) is 0 Å². The van der Waals surface area contributed by atoms with Crippen LogP contribution in [0.5, 0.6) is 0 Å². The summed E-state index contributed by atoms with van der Waals surface area (Å²) in [7, 11) is 1.86. The first kappa shape index (κ1) is 25.2. The average Bonchev–Trinajstić information content (AvgIpc) is 3.55. The maximum absolute atomic E-state index is 13.1. The molecule has 2 amide bonds. The summed E-state index contributed by atoms with van der Waals surface area (Å²) in [4.78, 5) is 33.0. The van der Waals surface area contributed by atoms with Crippen LogP contribution >= 0.6 is 0 Å². The Bertz CT molecular complexity index is 1540. The van der Waals surface area contributed by atoms with Gasteiger partial charge in [-0.2, -0.15) is 5.10 Å². The topological polar surface area (TPSA) is 122 Å². The molecule has 2 aliphatic rings. The number of hydrogen-bond acceptors (Lipinski definition) is 7. The largest absolute Gasteiger partial charge is 0.351 e. The molecule has 0 aromatic carbocycles. The van der Waals surface area contributed by atoms with Gasteiger partial charge in [0.05, 0.1) is 23.1 Å². The van der Waals surface area contributed by atoms with Gasteiger partial charge in [-0.25, -0.2) is 0 Å². The number of pyridine rings is 2. The summed E-state index contributed by atoms with van der Waals surface area (Å²) in [6.45, 7) is 4.34. The molecule has 2 fully saturated rings. The van der Waals surface area contributed by atoms with E-state index in [0.29, 0.717) is 34.7 Å². The van der Waals surface area contributed by atoms with Crippen molar-refractivity contribution in [2.45, 2.75) is 51.0 Å². The number of nitrogens with zero attached hydrogens (tertiary/aromatic N) is 7. The average molecular weight is 528 g/mol. The SMILES string of the molecule is Cc1ncc(C(=O)NCCN2CCCCC23CCC3)cc1NC(=O)c1nnc2cc(-c3cnn(C)c3)ccn12. The predicted molar refractivity (Wildman–Crippen MR) is 146 cm³/mol. The van der Waals surface area contributed by atoms with Gasteiger partial charge in [0, 0.05) is 49.8 Å². The van der Waals surface area contributed by atoms with Gasteiger partial charge in [0.15, 0.2) is 5.65 Å². The Kier molecular flexibility index (Phi) is 6.59. The summed E-state index contributed by atoms with van der Waals surface area (Å²) in [5.74, 6) is -0.494. The second-order valence-electron chi connectivity index (χ2n) is 10.7. The van der Waals surface area contributed by atoms with E-state index in [2.05, 4.69) is 35.8 Å². The highest BCUT2D eigenvalue weighted by molar-refractivity contribution is 6.03. The first-order valence-electron chi connectivity index (χ1n) is 13.6. The lowest BCUT2D eigenvalue weighted by Crippen LogP contribution is -2.57. The number of carbonyl (C=O) groups excluding carboxylic acids is 2. The summed E-state index contributed by atoms with van der Waals surface area (Å²) >= 11 is 0. The van der Waals surface area contributed by atoms with Crippen LogP contribution in [0.1, 0.15) is 65.2 Å². The minimum absolute atomic E-state index is 0.142. The van der Waals surface area contributed by atoms with Gasteiger partial charge in [-0.1, -0.05) is 6.42 Å². The van der Waals surface area contributed by atoms with E-state index in [1.165, 1.54) is 38.5 Å². The predicted octanol–water partition coefficient (Wildman–Crippen LogP) is 3.22. The lowest BCUT2D eigenvalue weighted by Gasteiger charge is -2.53. The molecular weight excluding hydrogens is 494 g/mol. The summed E-state index contributed by atoms with van der Waals surface area (Å²) in [6, 6.07) is 5.40. The van der Waals surface area contributed by atoms with Crippen molar-refractivity contribution in [3.05, 3.63) is 60.1 Å². The quantitative estimate of drug-likeness (QED) is 0.378. The third-order valence-corrected chi connectivity index (χ3v) is 8.19. The molecule has 0 atom stereocenters. The highest BCUT2D eigenvalue weighted by Crippen LogP contribution is 2.44. The fraction of sp³-hybridized carbons (Fsp3) is 0.429. The number of nitrogens with one attached hydrogen (secondary N) is 2. The lowest BCUT2D eigenvalue weighted by molar-refractivity contribution is -0.0152. The van der Waals surface area contributed by atoms with Crippen LogP contribution < -0.4 is 10.6 Å². The molecule has 1 aliphatic heterocycles. The number of piperidine rings is 1. The van der Waals surface area contributed by atoms with Crippen molar-refractivity contribution in [1.82, 2.24) is 39.6 Å². The number of rotatable bonds is 7. The van der Waals surface area contributed by atoms with E-state index < -0.39 is 5.91 Å². The molecule has 6 rings (SSSR count). The number of likely N-dealkylation sites (tertiary alicyclic amines) is 1. The Hall–Kier alpha value is -4.12. The van der Waals surface area contributed by atoms with Crippen LogP contribution in [0.4, 0.5) is 5.69 Å². The summed E-state index contributed by atoms with van der Waals surface area (Å²) in [5, 5.41) is 18.4. The maximum atomic E-state index is 13.1. The van der Waals surface area contributed by atoms with Crippen molar-refractivity contribution in [2.75, 3.05) is 25.0 Å². The standard InChI is InChI=1S/C28H33N9O2/c1-19-23(14-21(16-30-19)26(38)29-10-13-36-11-4-3-7-28(36)8-5-9-28)32-27(39)25-34-33-24-15-20(6-12-37(24)25)22-17-31-35(2)18-22/h6,12,14-18H,3-5,7-11,13H2,1-2H3,(H,29,38)(H,32,39). The molecule has 202 valence electrons. The zero-order valence-electron chi connectivity index (χ0n) is 22.4. The molecule has 4 aromatic rings. The first-order valence-corrected chi connectivity index (χ1v) is 13.6. The highest BCUT2D eigenvalue weighted by atomic mass is 16.2. The molecule has 11 nitrogen and oxygen atoms in total. The van der Waals surface area contributed by atoms with Gasteiger partial charge in [0.2, 0.25) is 5.82 Å². The van der Waals surface area contributed by atoms with Crippen molar-refractivity contribution < 1.29 is 9.59 Å². The molecule has 1 saturated heterocycles. The number of carbonyl (C=O) groups is 2. The Labute approximate surface area is 226 Å². The van der Waals surface area contributed by atoms with Gasteiger partial charge in [0.1, 0.15) is 0 Å². The Morgan fingerprint density at radius 1 is 1.03 bits per heavy atom. The molecule has 4 aromatic heterocycles. The molecule has 0 radical (unpaired) electrons. The van der Waals surface area contributed by atoms with E-state index >= 15 is 0 Å².